The lowest BCUT2D eigenvalue weighted by atomic mass is 10.0. The molecular weight excluding hydrogens is 457 g/mol. The molecule has 0 aliphatic carbocycles. The van der Waals surface area contributed by atoms with Crippen molar-refractivity contribution in [2.45, 2.75) is 6.92 Å². The number of fused-ring (bicyclic) bond motifs is 2. The summed E-state index contributed by atoms with van der Waals surface area (Å²) in [6.45, 7) is 1.88. The third-order valence-electron chi connectivity index (χ3n) is 5.42. The lowest BCUT2D eigenvalue weighted by Crippen LogP contribution is -2.15. The Balaban J connectivity index is 1.57. The maximum atomic E-state index is 14.4. The largest absolute Gasteiger partial charge is 0.383 e. The van der Waals surface area contributed by atoms with Crippen LogP contribution in [0.5, 0.6) is 0 Å². The number of hydrogen-bond acceptors (Lipinski definition) is 7. The van der Waals surface area contributed by atoms with Crippen LogP contribution in [-0.4, -0.2) is 25.8 Å². The van der Waals surface area contributed by atoms with Gasteiger partial charge in [0.25, 0.3) is 5.91 Å². The first-order valence-corrected chi connectivity index (χ1v) is 10.6. The second kappa shape index (κ2) is 8.53. The molecular formula is C24H17ClFN7O. The first-order valence-electron chi connectivity index (χ1n) is 10.2. The summed E-state index contributed by atoms with van der Waals surface area (Å²) in [6.07, 6.45) is 5.83. The molecule has 2 aromatic carbocycles. The smallest absolute Gasteiger partial charge is 0.259 e. The van der Waals surface area contributed by atoms with Gasteiger partial charge in [-0.15, -0.1) is 0 Å². The molecule has 5 rings (SSSR count). The molecule has 0 unspecified atom stereocenters. The minimum absolute atomic E-state index is 0.00202. The summed E-state index contributed by atoms with van der Waals surface area (Å²) >= 11 is 5.91. The molecule has 0 atom stereocenters. The molecule has 3 heterocycles. The van der Waals surface area contributed by atoms with Gasteiger partial charge in [-0.3, -0.25) is 9.78 Å². The number of hydrogen-bond donors (Lipinski definition) is 3. The van der Waals surface area contributed by atoms with E-state index in [2.05, 4.69) is 30.6 Å². The summed E-state index contributed by atoms with van der Waals surface area (Å²) in [5.41, 5.74) is 8.17. The topological polar surface area (TPSA) is 119 Å². The summed E-state index contributed by atoms with van der Waals surface area (Å²) < 4.78 is 14.4. The van der Waals surface area contributed by atoms with Gasteiger partial charge in [0.1, 0.15) is 18.0 Å². The van der Waals surface area contributed by atoms with Crippen LogP contribution in [0.1, 0.15) is 15.9 Å². The predicted octanol–water partition coefficient (Wildman–Crippen LogP) is 5.25. The van der Waals surface area contributed by atoms with Crippen molar-refractivity contribution in [2.75, 3.05) is 16.4 Å². The van der Waals surface area contributed by atoms with Crippen LogP contribution in [0.2, 0.25) is 5.02 Å². The molecule has 0 bridgehead atoms. The van der Waals surface area contributed by atoms with E-state index in [0.717, 1.165) is 10.9 Å². The number of nitrogen functional groups attached to an aromatic ring is 1. The number of pyridine rings is 2. The van der Waals surface area contributed by atoms with Crippen LogP contribution in [-0.2, 0) is 0 Å². The number of aromatic nitrogens is 4. The number of carbonyl (C=O) groups excluding carboxylic acids is 1. The molecule has 0 aliphatic rings. The van der Waals surface area contributed by atoms with E-state index in [1.807, 2.05) is 19.1 Å². The number of halogens is 2. The molecule has 5 aromatic rings. The Morgan fingerprint density at radius 1 is 1.03 bits per heavy atom. The van der Waals surface area contributed by atoms with Gasteiger partial charge in [-0.05, 0) is 30.7 Å². The number of benzene rings is 2. The van der Waals surface area contributed by atoms with Gasteiger partial charge in [-0.2, -0.15) is 0 Å². The zero-order chi connectivity index (χ0) is 23.8. The molecule has 10 heteroatoms. The van der Waals surface area contributed by atoms with E-state index in [4.69, 9.17) is 17.3 Å². The number of nitrogens with zero attached hydrogens (tertiary/aromatic N) is 4. The zero-order valence-corrected chi connectivity index (χ0v) is 18.6. The Kier molecular flexibility index (Phi) is 5.39. The molecule has 0 spiro atoms. The predicted molar refractivity (Wildman–Crippen MR) is 131 cm³/mol. The van der Waals surface area contributed by atoms with Crippen molar-refractivity contribution in [1.82, 2.24) is 19.9 Å². The summed E-state index contributed by atoms with van der Waals surface area (Å²) in [5, 5.41) is 7.85. The highest BCUT2D eigenvalue weighted by Gasteiger charge is 2.17. The van der Waals surface area contributed by atoms with Crippen LogP contribution in [0.25, 0.3) is 21.7 Å². The van der Waals surface area contributed by atoms with Gasteiger partial charge in [-0.25, -0.2) is 19.3 Å². The minimum atomic E-state index is -0.576. The fourth-order valence-corrected chi connectivity index (χ4v) is 3.88. The van der Waals surface area contributed by atoms with Crippen molar-refractivity contribution in [2.24, 2.45) is 0 Å². The molecule has 0 saturated heterocycles. The molecule has 8 nitrogen and oxygen atoms in total. The molecule has 34 heavy (non-hydrogen) atoms. The highest BCUT2D eigenvalue weighted by Crippen LogP contribution is 2.34. The SMILES string of the molecule is Cc1ccc2c(Nc3cccc(Cl)c3F)nccc2c1NC(=O)c1cncc2c(N)ncnc12. The lowest BCUT2D eigenvalue weighted by Gasteiger charge is -2.15. The molecule has 4 N–H and O–H groups in total. The van der Waals surface area contributed by atoms with Gasteiger partial charge in [0.15, 0.2) is 5.82 Å². The quantitative estimate of drug-likeness (QED) is 0.326. The fraction of sp³-hybridized carbons (Fsp3) is 0.0417. The number of aryl methyl sites for hydroxylation is 1. The first-order chi connectivity index (χ1) is 16.4. The molecule has 3 aromatic heterocycles. The molecule has 1 amide bonds. The molecule has 0 aliphatic heterocycles. The van der Waals surface area contributed by atoms with Crippen LogP contribution in [0.4, 0.5) is 27.4 Å². The van der Waals surface area contributed by atoms with Gasteiger partial charge < -0.3 is 16.4 Å². The second-order valence-corrected chi connectivity index (χ2v) is 7.94. The average Bonchev–Trinajstić information content (AvgIpc) is 2.84. The highest BCUT2D eigenvalue weighted by molar-refractivity contribution is 6.31. The third kappa shape index (κ3) is 3.71. The van der Waals surface area contributed by atoms with Gasteiger partial charge in [0.2, 0.25) is 0 Å². The van der Waals surface area contributed by atoms with Crippen LogP contribution in [0.15, 0.2) is 61.3 Å². The van der Waals surface area contributed by atoms with Crippen molar-refractivity contribution in [3.8, 4) is 0 Å². The van der Waals surface area contributed by atoms with E-state index < -0.39 is 11.7 Å². The number of anilines is 4. The van der Waals surface area contributed by atoms with Crippen molar-refractivity contribution in [1.29, 1.82) is 0 Å². The fourth-order valence-electron chi connectivity index (χ4n) is 3.70. The summed E-state index contributed by atoms with van der Waals surface area (Å²) in [7, 11) is 0. The van der Waals surface area contributed by atoms with Crippen molar-refractivity contribution < 1.29 is 9.18 Å². The van der Waals surface area contributed by atoms with E-state index >= 15 is 0 Å². The lowest BCUT2D eigenvalue weighted by molar-refractivity contribution is 0.102. The zero-order valence-electron chi connectivity index (χ0n) is 17.8. The van der Waals surface area contributed by atoms with Crippen LogP contribution in [0, 0.1) is 12.7 Å². The van der Waals surface area contributed by atoms with E-state index in [1.54, 1.807) is 24.4 Å². The monoisotopic (exact) mass is 473 g/mol. The maximum Gasteiger partial charge on any atom is 0.259 e. The van der Waals surface area contributed by atoms with Crippen molar-refractivity contribution >= 4 is 62.2 Å². The number of nitrogens with two attached hydrogens (primary N) is 1. The van der Waals surface area contributed by atoms with Crippen LogP contribution in [0.3, 0.4) is 0 Å². The van der Waals surface area contributed by atoms with E-state index in [1.165, 1.54) is 24.8 Å². The first kappa shape index (κ1) is 21.5. The number of nitrogens with one attached hydrogen (secondary N) is 2. The second-order valence-electron chi connectivity index (χ2n) is 7.53. The van der Waals surface area contributed by atoms with E-state index in [9.17, 15) is 9.18 Å². The Hall–Kier alpha value is -4.37. The molecule has 0 fully saturated rings. The van der Waals surface area contributed by atoms with Crippen molar-refractivity contribution in [3.05, 3.63) is 83.3 Å². The van der Waals surface area contributed by atoms with E-state index in [-0.39, 0.29) is 22.1 Å². The highest BCUT2D eigenvalue weighted by atomic mass is 35.5. The average molecular weight is 474 g/mol. The molecule has 0 saturated carbocycles. The van der Waals surface area contributed by atoms with Crippen LogP contribution < -0.4 is 16.4 Å². The minimum Gasteiger partial charge on any atom is -0.383 e. The van der Waals surface area contributed by atoms with Crippen LogP contribution >= 0.6 is 11.6 Å². The van der Waals surface area contributed by atoms with Gasteiger partial charge in [0, 0.05) is 29.4 Å². The summed E-state index contributed by atoms with van der Waals surface area (Å²) in [4.78, 5) is 29.9. The number of carbonyl (C=O) groups is 1. The van der Waals surface area contributed by atoms with Crippen molar-refractivity contribution in [3.63, 3.8) is 0 Å². The standard InChI is InChI=1S/C24H17ClFN7O/c1-12-5-6-14-13(7-8-29-23(14)32-18-4-2-3-17(25)19(18)26)20(12)33-24(34)16-10-28-9-15-21(16)30-11-31-22(15)27/h2-11H,1H3,(H,29,32)(H,33,34)(H2,27,30,31). The Labute approximate surface area is 198 Å². The normalized spacial score (nSPS) is 11.0. The Bertz CT molecular complexity index is 1590. The Morgan fingerprint density at radius 2 is 1.88 bits per heavy atom. The molecule has 0 radical (unpaired) electrons. The Morgan fingerprint density at radius 3 is 2.74 bits per heavy atom. The third-order valence-corrected chi connectivity index (χ3v) is 5.71. The maximum absolute atomic E-state index is 14.4. The summed E-state index contributed by atoms with van der Waals surface area (Å²) in [6, 6.07) is 10.2. The summed E-state index contributed by atoms with van der Waals surface area (Å²) in [5.74, 6) is -0.322. The van der Waals surface area contributed by atoms with Gasteiger partial charge >= 0.3 is 0 Å². The number of amides is 1. The van der Waals surface area contributed by atoms with Gasteiger partial charge in [-0.1, -0.05) is 29.8 Å². The molecule has 168 valence electrons. The van der Waals surface area contributed by atoms with E-state index in [0.29, 0.717) is 27.8 Å². The number of rotatable bonds is 4. The van der Waals surface area contributed by atoms with Gasteiger partial charge in [0.05, 0.1) is 32.9 Å².